The van der Waals surface area contributed by atoms with Crippen LogP contribution >= 0.6 is 0 Å². The molecule has 1 aromatic heterocycles. The minimum Gasteiger partial charge on any atom is -0.478 e. The van der Waals surface area contributed by atoms with E-state index in [0.717, 1.165) is 5.56 Å². The average molecular weight is 390 g/mol. The zero-order chi connectivity index (χ0) is 20.5. The predicted octanol–water partition coefficient (Wildman–Crippen LogP) is 4.61. The van der Waals surface area contributed by atoms with E-state index in [1.807, 2.05) is 12.0 Å². The van der Waals surface area contributed by atoms with Crippen LogP contribution in [0.15, 0.2) is 63.6 Å². The molecule has 3 aromatic rings. The number of halogens is 3. The second-order valence-electron chi connectivity index (χ2n) is 5.86. The molecule has 7 nitrogen and oxygen atoms in total. The van der Waals surface area contributed by atoms with Gasteiger partial charge in [-0.15, -0.1) is 5.11 Å². The topological polar surface area (TPSA) is 99.8 Å². The number of aromatic carboxylic acids is 1. The molecule has 0 unspecified atom stereocenters. The lowest BCUT2D eigenvalue weighted by atomic mass is 10.2. The Balaban J connectivity index is 2.08. The van der Waals surface area contributed by atoms with Crippen LogP contribution in [0.4, 0.5) is 24.5 Å². The van der Waals surface area contributed by atoms with Gasteiger partial charge in [0, 0.05) is 0 Å². The number of carbonyl (C=O) groups is 1. The Hall–Kier alpha value is -3.69. The first-order valence-corrected chi connectivity index (χ1v) is 7.91. The molecule has 0 bridgehead atoms. The van der Waals surface area contributed by atoms with Crippen molar-refractivity contribution in [3.8, 4) is 5.69 Å². The van der Waals surface area contributed by atoms with Crippen LogP contribution in [-0.2, 0) is 6.18 Å². The van der Waals surface area contributed by atoms with Crippen LogP contribution in [0.25, 0.3) is 5.69 Å². The number of aryl methyl sites for hydroxylation is 1. The van der Waals surface area contributed by atoms with E-state index in [4.69, 9.17) is 5.11 Å². The first kappa shape index (κ1) is 19.1. The van der Waals surface area contributed by atoms with E-state index in [1.54, 1.807) is 24.3 Å². The highest BCUT2D eigenvalue weighted by Gasteiger charge is 2.38. The fraction of sp³-hybridized carbons (Fsp3) is 0.111. The summed E-state index contributed by atoms with van der Waals surface area (Å²) in [4.78, 5) is 23.4. The molecule has 0 aliphatic rings. The lowest BCUT2D eigenvalue weighted by molar-refractivity contribution is -0.140. The molecule has 0 spiro atoms. The minimum absolute atomic E-state index is 0.0253. The molecule has 1 heterocycles. The number of alkyl halides is 3. The Bertz CT molecular complexity index is 1100. The van der Waals surface area contributed by atoms with Crippen LogP contribution in [-0.4, -0.2) is 20.9 Å². The van der Waals surface area contributed by atoms with Crippen molar-refractivity contribution in [2.24, 2.45) is 10.2 Å². The number of nitrogens with one attached hydrogen (secondary N) is 1. The second kappa shape index (κ2) is 7.14. The van der Waals surface area contributed by atoms with E-state index in [1.165, 1.54) is 24.3 Å². The number of carboxylic acid groups (broad SMARTS) is 1. The molecule has 0 saturated carbocycles. The molecule has 0 saturated heterocycles. The van der Waals surface area contributed by atoms with Crippen molar-refractivity contribution in [2.75, 3.05) is 0 Å². The van der Waals surface area contributed by atoms with Crippen molar-refractivity contribution < 1.29 is 23.1 Å². The summed E-state index contributed by atoms with van der Waals surface area (Å²) in [5.41, 5.74) is -2.13. The summed E-state index contributed by atoms with van der Waals surface area (Å²) < 4.78 is 40.7. The smallest absolute Gasteiger partial charge is 0.435 e. The van der Waals surface area contributed by atoms with Crippen LogP contribution < -0.4 is 5.56 Å². The first-order chi connectivity index (χ1) is 13.2. The molecular weight excluding hydrogens is 377 g/mol. The Labute approximate surface area is 155 Å². The zero-order valence-corrected chi connectivity index (χ0v) is 14.4. The number of azo groups is 1. The number of carboxylic acids is 1. The number of aromatic nitrogens is 2. The van der Waals surface area contributed by atoms with E-state index in [0.29, 0.717) is 4.68 Å². The van der Waals surface area contributed by atoms with Crippen molar-refractivity contribution >= 4 is 17.3 Å². The van der Waals surface area contributed by atoms with Crippen molar-refractivity contribution in [3.63, 3.8) is 0 Å². The van der Waals surface area contributed by atoms with Gasteiger partial charge in [0.1, 0.15) is 0 Å². The SMILES string of the molecule is Cc1ccc(N=Nc2c(C(F)(F)F)[nH]n(-c3ccc(C(=O)O)cc3)c2=O)cc1. The number of hydrogen-bond acceptors (Lipinski definition) is 4. The summed E-state index contributed by atoms with van der Waals surface area (Å²) in [5, 5.41) is 18.1. The molecular formula is C18H13F3N4O3. The Morgan fingerprint density at radius 2 is 1.64 bits per heavy atom. The summed E-state index contributed by atoms with van der Waals surface area (Å²) in [6.07, 6.45) is -4.87. The van der Waals surface area contributed by atoms with Crippen LogP contribution in [0.1, 0.15) is 21.6 Å². The number of nitrogens with zero attached hydrogens (tertiary/aromatic N) is 3. The molecule has 28 heavy (non-hydrogen) atoms. The first-order valence-electron chi connectivity index (χ1n) is 7.91. The van der Waals surface area contributed by atoms with Gasteiger partial charge in [-0.3, -0.25) is 9.89 Å². The fourth-order valence-electron chi connectivity index (χ4n) is 2.37. The van der Waals surface area contributed by atoms with Gasteiger partial charge in [-0.2, -0.15) is 18.3 Å². The third-order valence-corrected chi connectivity index (χ3v) is 3.82. The van der Waals surface area contributed by atoms with E-state index >= 15 is 0 Å². The van der Waals surface area contributed by atoms with Gasteiger partial charge in [-0.25, -0.2) is 9.48 Å². The molecule has 2 aromatic carbocycles. The summed E-state index contributed by atoms with van der Waals surface area (Å²) in [7, 11) is 0. The molecule has 3 rings (SSSR count). The van der Waals surface area contributed by atoms with Gasteiger partial charge in [-0.05, 0) is 43.3 Å². The van der Waals surface area contributed by atoms with Crippen molar-refractivity contribution in [2.45, 2.75) is 13.1 Å². The molecule has 2 N–H and O–H groups in total. The van der Waals surface area contributed by atoms with Crippen molar-refractivity contribution in [1.82, 2.24) is 9.78 Å². The molecule has 0 amide bonds. The van der Waals surface area contributed by atoms with Crippen LogP contribution in [0.3, 0.4) is 0 Å². The van der Waals surface area contributed by atoms with Gasteiger partial charge in [0.2, 0.25) is 0 Å². The van der Waals surface area contributed by atoms with Crippen LogP contribution in [0, 0.1) is 6.92 Å². The average Bonchev–Trinajstić information content (AvgIpc) is 2.98. The monoisotopic (exact) mass is 390 g/mol. The summed E-state index contributed by atoms with van der Waals surface area (Å²) >= 11 is 0. The van der Waals surface area contributed by atoms with E-state index in [-0.39, 0.29) is 16.9 Å². The Kier molecular flexibility index (Phi) is 4.87. The number of aromatic amines is 1. The molecule has 144 valence electrons. The van der Waals surface area contributed by atoms with E-state index < -0.39 is 29.1 Å². The Morgan fingerprint density at radius 1 is 1.04 bits per heavy atom. The van der Waals surface area contributed by atoms with Crippen molar-refractivity contribution in [1.29, 1.82) is 0 Å². The van der Waals surface area contributed by atoms with Crippen LogP contribution in [0.5, 0.6) is 0 Å². The molecule has 0 aliphatic carbocycles. The Morgan fingerprint density at radius 3 is 2.18 bits per heavy atom. The highest BCUT2D eigenvalue weighted by Crippen LogP contribution is 2.34. The molecule has 10 heteroatoms. The maximum absolute atomic E-state index is 13.3. The van der Waals surface area contributed by atoms with Gasteiger partial charge in [0.15, 0.2) is 11.4 Å². The third-order valence-electron chi connectivity index (χ3n) is 3.82. The number of benzene rings is 2. The van der Waals surface area contributed by atoms with E-state index in [2.05, 4.69) is 10.2 Å². The highest BCUT2D eigenvalue weighted by molar-refractivity contribution is 5.87. The van der Waals surface area contributed by atoms with Crippen molar-refractivity contribution in [3.05, 3.63) is 75.7 Å². The second-order valence-corrected chi connectivity index (χ2v) is 5.86. The predicted molar refractivity (Wildman–Crippen MR) is 93.7 cm³/mol. The summed E-state index contributed by atoms with van der Waals surface area (Å²) in [6, 6.07) is 11.3. The minimum atomic E-state index is -4.87. The van der Waals surface area contributed by atoms with Gasteiger partial charge in [0.25, 0.3) is 5.56 Å². The number of hydrogen-bond donors (Lipinski definition) is 2. The standard InChI is InChI=1S/C18H13F3N4O3/c1-10-2-6-12(7-3-10)22-23-14-15(18(19,20)21)24-25(16(14)26)13-8-4-11(5-9-13)17(27)28/h2-9,24H,1H3,(H,27,28). The molecule has 0 atom stereocenters. The zero-order valence-electron chi connectivity index (χ0n) is 14.4. The van der Waals surface area contributed by atoms with E-state index in [9.17, 15) is 22.8 Å². The van der Waals surface area contributed by atoms with Gasteiger partial charge in [0.05, 0.1) is 16.9 Å². The van der Waals surface area contributed by atoms with Gasteiger partial charge in [-0.1, -0.05) is 17.7 Å². The molecule has 0 radical (unpaired) electrons. The van der Waals surface area contributed by atoms with Gasteiger partial charge < -0.3 is 5.11 Å². The third kappa shape index (κ3) is 3.85. The number of H-pyrrole nitrogens is 1. The summed E-state index contributed by atoms with van der Waals surface area (Å²) in [6.45, 7) is 1.84. The van der Waals surface area contributed by atoms with Gasteiger partial charge >= 0.3 is 12.1 Å². The molecule has 0 aliphatic heterocycles. The quantitative estimate of drug-likeness (QED) is 0.637. The fourth-order valence-corrected chi connectivity index (χ4v) is 2.37. The number of rotatable bonds is 4. The summed E-state index contributed by atoms with van der Waals surface area (Å²) in [5.74, 6) is -1.20. The molecule has 0 fully saturated rings. The lowest BCUT2D eigenvalue weighted by Gasteiger charge is -2.04. The van der Waals surface area contributed by atoms with Crippen LogP contribution in [0.2, 0.25) is 0 Å². The maximum Gasteiger partial charge on any atom is 0.435 e. The largest absolute Gasteiger partial charge is 0.478 e. The normalized spacial score (nSPS) is 11.9. The lowest BCUT2D eigenvalue weighted by Crippen LogP contribution is -2.14. The highest BCUT2D eigenvalue weighted by atomic mass is 19.4. The maximum atomic E-state index is 13.3.